The lowest BCUT2D eigenvalue weighted by Crippen LogP contribution is -2.40. The summed E-state index contributed by atoms with van der Waals surface area (Å²) in [5.41, 5.74) is 4.10. The fourth-order valence-corrected chi connectivity index (χ4v) is 4.43. The van der Waals surface area contributed by atoms with Crippen LogP contribution in [0.15, 0.2) is 36.5 Å². The van der Waals surface area contributed by atoms with Gasteiger partial charge in [0.25, 0.3) is 0 Å². The molecule has 0 saturated carbocycles. The molecule has 2 aliphatic rings. The first-order chi connectivity index (χ1) is 18.7. The third-order valence-electron chi connectivity index (χ3n) is 6.33. The molecule has 4 heterocycles. The van der Waals surface area contributed by atoms with Gasteiger partial charge in [-0.1, -0.05) is 12.1 Å². The van der Waals surface area contributed by atoms with Crippen molar-refractivity contribution >= 4 is 23.8 Å². The van der Waals surface area contributed by atoms with E-state index in [0.717, 1.165) is 11.1 Å². The number of nitrogens with zero attached hydrogens (tertiary/aromatic N) is 6. The highest BCUT2D eigenvalue weighted by Crippen LogP contribution is 2.39. The van der Waals surface area contributed by atoms with Crippen molar-refractivity contribution in [2.75, 3.05) is 55.6 Å². The molecule has 15 heteroatoms. The van der Waals surface area contributed by atoms with E-state index in [0.29, 0.717) is 37.6 Å². The van der Waals surface area contributed by atoms with Crippen molar-refractivity contribution in [3.05, 3.63) is 47.8 Å². The minimum Gasteiger partial charge on any atom is -0.497 e. The number of anilines is 3. The number of nitrogen functional groups attached to an aromatic ring is 1. The summed E-state index contributed by atoms with van der Waals surface area (Å²) in [5, 5.41) is 10.3. The number of ether oxygens (including phenoxy) is 3. The van der Waals surface area contributed by atoms with Crippen LogP contribution in [0.4, 0.5) is 35.7 Å². The minimum atomic E-state index is -4.86. The number of hydrogen-bond acceptors (Lipinski definition) is 11. The van der Waals surface area contributed by atoms with Crippen LogP contribution >= 0.6 is 0 Å². The molecule has 1 unspecified atom stereocenters. The molecule has 12 nitrogen and oxygen atoms in total. The third kappa shape index (κ3) is 5.22. The maximum absolute atomic E-state index is 13.9. The summed E-state index contributed by atoms with van der Waals surface area (Å²) >= 11 is 0. The summed E-state index contributed by atoms with van der Waals surface area (Å²) in [6, 6.07) is 7.01. The lowest BCUT2D eigenvalue weighted by atomic mass is 10.0. The quantitative estimate of drug-likeness (QED) is 0.469. The maximum atomic E-state index is 13.9. The van der Waals surface area contributed by atoms with Gasteiger partial charge in [-0.2, -0.15) is 18.2 Å². The summed E-state index contributed by atoms with van der Waals surface area (Å²) in [4.78, 5) is 31.9. The van der Waals surface area contributed by atoms with Crippen molar-refractivity contribution in [2.45, 2.75) is 18.3 Å². The summed E-state index contributed by atoms with van der Waals surface area (Å²) in [6.45, 7) is 0.928. The Morgan fingerprint density at radius 2 is 1.87 bits per heavy atom. The van der Waals surface area contributed by atoms with Gasteiger partial charge in [0.1, 0.15) is 17.6 Å². The Kier molecular flexibility index (Phi) is 7.10. The number of methoxy groups -OCH3 is 1. The van der Waals surface area contributed by atoms with Crippen LogP contribution < -0.4 is 20.3 Å². The van der Waals surface area contributed by atoms with E-state index in [2.05, 4.69) is 19.9 Å². The molecule has 5 rings (SSSR count). The van der Waals surface area contributed by atoms with Gasteiger partial charge >= 0.3 is 12.3 Å². The van der Waals surface area contributed by atoms with Crippen molar-refractivity contribution in [2.24, 2.45) is 0 Å². The van der Waals surface area contributed by atoms with Crippen molar-refractivity contribution < 1.29 is 37.3 Å². The van der Waals surface area contributed by atoms with Gasteiger partial charge in [0.05, 0.1) is 32.6 Å². The lowest BCUT2D eigenvalue weighted by Gasteiger charge is -2.29. The van der Waals surface area contributed by atoms with Crippen LogP contribution in [0.3, 0.4) is 0 Å². The number of nitrogens with two attached hydrogens (primary N) is 1. The molecule has 0 bridgehead atoms. The molecule has 1 amide bonds. The van der Waals surface area contributed by atoms with Gasteiger partial charge in [-0.3, -0.25) is 4.90 Å². The van der Waals surface area contributed by atoms with E-state index in [1.54, 1.807) is 29.2 Å². The summed E-state index contributed by atoms with van der Waals surface area (Å²) in [6.07, 6.45) is -5.66. The highest BCUT2D eigenvalue weighted by atomic mass is 19.4. The number of aliphatic hydroxyl groups excluding tert-OH is 1. The van der Waals surface area contributed by atoms with E-state index in [-0.39, 0.29) is 17.5 Å². The number of cyclic esters (lactones) is 1. The minimum absolute atomic E-state index is 0.0631. The highest BCUT2D eigenvalue weighted by molar-refractivity contribution is 5.91. The van der Waals surface area contributed by atoms with Crippen LogP contribution in [0, 0.1) is 0 Å². The van der Waals surface area contributed by atoms with Gasteiger partial charge in [0, 0.05) is 30.9 Å². The first-order valence-electron chi connectivity index (χ1n) is 11.9. The molecular formula is C24H24F3N7O5. The van der Waals surface area contributed by atoms with Gasteiger partial charge in [0.15, 0.2) is 11.8 Å². The smallest absolute Gasteiger partial charge is 0.434 e. The SMILES string of the molecule is COc1ccc([C@@H]2OC(=O)N(c3cc(-c4cnc(N)nc4C(F)(F)F)nc(N4CCOCC4)n3)C2CO)cc1. The molecule has 3 N–H and O–H groups in total. The highest BCUT2D eigenvalue weighted by Gasteiger charge is 2.45. The zero-order valence-corrected chi connectivity index (χ0v) is 20.6. The maximum Gasteiger partial charge on any atom is 0.434 e. The van der Waals surface area contributed by atoms with E-state index in [1.165, 1.54) is 13.2 Å². The lowest BCUT2D eigenvalue weighted by molar-refractivity contribution is -0.140. The van der Waals surface area contributed by atoms with Crippen molar-refractivity contribution in [3.63, 3.8) is 0 Å². The molecule has 0 spiro atoms. The van der Waals surface area contributed by atoms with Gasteiger partial charge in [-0.25, -0.2) is 19.7 Å². The van der Waals surface area contributed by atoms with E-state index in [4.69, 9.17) is 19.9 Å². The van der Waals surface area contributed by atoms with Crippen LogP contribution in [0.5, 0.6) is 5.75 Å². The number of rotatable bonds is 6. The number of alkyl halides is 3. The normalized spacial score (nSPS) is 19.8. The number of benzene rings is 1. The fourth-order valence-electron chi connectivity index (χ4n) is 4.43. The number of halogens is 3. The first-order valence-corrected chi connectivity index (χ1v) is 11.9. The number of carbonyl (C=O) groups is 1. The van der Waals surface area contributed by atoms with Crippen LogP contribution in [-0.2, 0) is 15.7 Å². The number of amides is 1. The zero-order chi connectivity index (χ0) is 27.7. The molecule has 2 saturated heterocycles. The second kappa shape index (κ2) is 10.5. The summed E-state index contributed by atoms with van der Waals surface area (Å²) in [5.74, 6) is 0.0291. The number of aliphatic hydroxyl groups is 1. The molecule has 2 fully saturated rings. The summed E-state index contributed by atoms with van der Waals surface area (Å²) < 4.78 is 57.8. The Morgan fingerprint density at radius 3 is 2.51 bits per heavy atom. The molecule has 2 aromatic heterocycles. The molecule has 39 heavy (non-hydrogen) atoms. The molecular weight excluding hydrogens is 523 g/mol. The van der Waals surface area contributed by atoms with Crippen LogP contribution in [0.25, 0.3) is 11.3 Å². The Labute approximate surface area is 220 Å². The van der Waals surface area contributed by atoms with Crippen LogP contribution in [0.2, 0.25) is 0 Å². The van der Waals surface area contributed by atoms with E-state index < -0.39 is 48.2 Å². The Bertz CT molecular complexity index is 1350. The number of hydrogen-bond donors (Lipinski definition) is 2. The molecule has 2 atom stereocenters. The van der Waals surface area contributed by atoms with Crippen LogP contribution in [0.1, 0.15) is 17.4 Å². The second-order valence-corrected chi connectivity index (χ2v) is 8.70. The fraction of sp³-hybridized carbons (Fsp3) is 0.375. The van der Waals surface area contributed by atoms with Gasteiger partial charge in [-0.05, 0) is 17.7 Å². The summed E-state index contributed by atoms with van der Waals surface area (Å²) in [7, 11) is 1.51. The molecule has 2 aliphatic heterocycles. The third-order valence-corrected chi connectivity index (χ3v) is 6.33. The predicted molar refractivity (Wildman–Crippen MR) is 131 cm³/mol. The van der Waals surface area contributed by atoms with Gasteiger partial charge in [0.2, 0.25) is 11.9 Å². The first kappa shape index (κ1) is 26.4. The molecule has 0 radical (unpaired) electrons. The topological polar surface area (TPSA) is 149 Å². The van der Waals surface area contributed by atoms with Gasteiger partial charge < -0.3 is 30.0 Å². The predicted octanol–water partition coefficient (Wildman–Crippen LogP) is 2.44. The molecule has 206 valence electrons. The van der Waals surface area contributed by atoms with Crippen molar-refractivity contribution in [1.29, 1.82) is 0 Å². The number of carbonyl (C=O) groups excluding carboxylic acids is 1. The van der Waals surface area contributed by atoms with E-state index >= 15 is 0 Å². The Hall–Kier alpha value is -4.24. The van der Waals surface area contributed by atoms with E-state index in [1.807, 2.05) is 0 Å². The number of morpholine rings is 1. The molecule has 3 aromatic rings. The second-order valence-electron chi connectivity index (χ2n) is 8.70. The van der Waals surface area contributed by atoms with Crippen molar-refractivity contribution in [1.82, 2.24) is 19.9 Å². The van der Waals surface area contributed by atoms with Crippen LogP contribution in [-0.4, -0.2) is 77.2 Å². The molecule has 1 aromatic carbocycles. The average Bonchev–Trinajstić information content (AvgIpc) is 3.28. The monoisotopic (exact) mass is 547 g/mol. The van der Waals surface area contributed by atoms with Gasteiger partial charge in [-0.15, -0.1) is 0 Å². The Morgan fingerprint density at radius 1 is 1.15 bits per heavy atom. The van der Waals surface area contributed by atoms with Crippen molar-refractivity contribution in [3.8, 4) is 17.0 Å². The largest absolute Gasteiger partial charge is 0.497 e. The standard InChI is InChI=1S/C24H24F3N7O5/c1-37-14-4-2-13(3-5-14)19-17(12-35)34(23(36)39-19)18-10-16(30-22(31-18)33-6-8-38-9-7-33)15-11-29-21(28)32-20(15)24(25,26)27/h2-5,10-11,17,19,35H,6-9,12H2,1H3,(H2,28,29,32)/t17?,19-/m0/s1. The molecule has 0 aliphatic carbocycles. The average molecular weight is 547 g/mol. The van der Waals surface area contributed by atoms with E-state index in [9.17, 15) is 23.1 Å². The number of aromatic nitrogens is 4. The Balaban J connectivity index is 1.62. The zero-order valence-electron chi connectivity index (χ0n) is 20.6.